The fraction of sp³-hybridized carbons (Fsp3) is 0.895. The summed E-state index contributed by atoms with van der Waals surface area (Å²) in [6.07, 6.45) is 15.1. The molecule has 0 aliphatic heterocycles. The van der Waals surface area contributed by atoms with Crippen molar-refractivity contribution in [1.82, 2.24) is 0 Å². The second-order valence-electron chi connectivity index (χ2n) is 6.38. The van der Waals surface area contributed by atoms with Crippen molar-refractivity contribution in [2.75, 3.05) is 6.61 Å². The van der Waals surface area contributed by atoms with Crippen LogP contribution in [0.15, 0.2) is 0 Å². The van der Waals surface area contributed by atoms with E-state index in [4.69, 9.17) is 19.7 Å². The van der Waals surface area contributed by atoms with E-state index in [0.29, 0.717) is 6.42 Å². The van der Waals surface area contributed by atoms with Crippen molar-refractivity contribution in [3.8, 4) is 0 Å². The first-order valence-corrected chi connectivity index (χ1v) is 9.46. The van der Waals surface area contributed by atoms with Gasteiger partial charge in [0, 0.05) is 6.42 Å². The number of aliphatic carboxylic acids is 1. The van der Waals surface area contributed by atoms with Crippen LogP contribution in [0.5, 0.6) is 0 Å². The molecular formula is C19H38O5. The molecule has 0 aromatic carbocycles. The lowest BCUT2D eigenvalue weighted by Gasteiger charge is -2.07. The zero-order valence-electron chi connectivity index (χ0n) is 15.9. The predicted octanol–water partition coefficient (Wildman–Crippen LogP) is 4.70. The Morgan fingerprint density at radius 3 is 1.54 bits per heavy atom. The standard InChI is InChI=1S/C17H34O2.C2H4O3/c1-4-5-6-7-8-9-10-11-12-13-14-15-17(18)19-16(2)3;3-1-2(4)5/h16H,4-15H2,1-3H3;3H,1H2,(H,4,5). The lowest BCUT2D eigenvalue weighted by atomic mass is 10.1. The van der Waals surface area contributed by atoms with E-state index < -0.39 is 12.6 Å². The Hall–Kier alpha value is -1.10. The number of carboxylic acid groups (broad SMARTS) is 1. The second-order valence-corrected chi connectivity index (χ2v) is 6.38. The molecule has 5 heteroatoms. The van der Waals surface area contributed by atoms with Gasteiger partial charge in [-0.05, 0) is 20.3 Å². The molecule has 5 nitrogen and oxygen atoms in total. The maximum Gasteiger partial charge on any atom is 0.329 e. The fourth-order valence-corrected chi connectivity index (χ4v) is 2.26. The van der Waals surface area contributed by atoms with Crippen molar-refractivity contribution in [3.63, 3.8) is 0 Å². The molecule has 2 N–H and O–H groups in total. The smallest absolute Gasteiger partial charge is 0.329 e. The van der Waals surface area contributed by atoms with Crippen molar-refractivity contribution in [2.24, 2.45) is 0 Å². The van der Waals surface area contributed by atoms with Gasteiger partial charge in [-0.25, -0.2) is 4.79 Å². The maximum absolute atomic E-state index is 11.3. The Balaban J connectivity index is 0. The Labute approximate surface area is 147 Å². The first-order chi connectivity index (χ1) is 11.4. The summed E-state index contributed by atoms with van der Waals surface area (Å²) in [7, 11) is 0. The monoisotopic (exact) mass is 346 g/mol. The molecule has 0 aliphatic carbocycles. The molecule has 0 atom stereocenters. The van der Waals surface area contributed by atoms with Crippen molar-refractivity contribution in [2.45, 2.75) is 104 Å². The summed E-state index contributed by atoms with van der Waals surface area (Å²) in [6, 6.07) is 0. The molecule has 0 fully saturated rings. The molecule has 0 saturated carbocycles. The lowest BCUT2D eigenvalue weighted by Crippen LogP contribution is -2.10. The molecule has 0 radical (unpaired) electrons. The van der Waals surface area contributed by atoms with Crippen molar-refractivity contribution in [3.05, 3.63) is 0 Å². The minimum Gasteiger partial charge on any atom is -0.480 e. The second kappa shape index (κ2) is 19.9. The van der Waals surface area contributed by atoms with Crippen LogP contribution in [-0.4, -0.2) is 34.9 Å². The number of aliphatic hydroxyl groups is 1. The quantitative estimate of drug-likeness (QED) is 0.352. The van der Waals surface area contributed by atoms with Crippen LogP contribution in [0.4, 0.5) is 0 Å². The largest absolute Gasteiger partial charge is 0.480 e. The molecule has 0 saturated heterocycles. The van der Waals surface area contributed by atoms with Crippen LogP contribution in [0.25, 0.3) is 0 Å². The van der Waals surface area contributed by atoms with Crippen molar-refractivity contribution >= 4 is 11.9 Å². The number of esters is 1. The normalized spacial score (nSPS) is 10.2. The highest BCUT2D eigenvalue weighted by Gasteiger charge is 2.04. The van der Waals surface area contributed by atoms with Crippen LogP contribution in [-0.2, 0) is 14.3 Å². The van der Waals surface area contributed by atoms with Gasteiger partial charge in [-0.15, -0.1) is 0 Å². The summed E-state index contributed by atoms with van der Waals surface area (Å²) in [6.45, 7) is 5.29. The van der Waals surface area contributed by atoms with Crippen LogP contribution in [0.2, 0.25) is 0 Å². The number of carbonyl (C=O) groups is 2. The molecule has 0 amide bonds. The molecule has 0 spiro atoms. The molecule has 0 aromatic heterocycles. The van der Waals surface area contributed by atoms with Gasteiger partial charge >= 0.3 is 11.9 Å². The maximum atomic E-state index is 11.3. The van der Waals surface area contributed by atoms with E-state index in [1.54, 1.807) is 0 Å². The average molecular weight is 347 g/mol. The van der Waals surface area contributed by atoms with Crippen LogP contribution in [0, 0.1) is 0 Å². The fourth-order valence-electron chi connectivity index (χ4n) is 2.26. The minimum atomic E-state index is -1.19. The molecule has 0 bridgehead atoms. The van der Waals surface area contributed by atoms with Crippen LogP contribution >= 0.6 is 0 Å². The first-order valence-electron chi connectivity index (χ1n) is 9.46. The topological polar surface area (TPSA) is 83.8 Å². The van der Waals surface area contributed by atoms with E-state index in [1.807, 2.05) is 13.8 Å². The third kappa shape index (κ3) is 25.8. The first kappa shape index (κ1) is 25.1. The summed E-state index contributed by atoms with van der Waals surface area (Å²) in [5, 5.41) is 15.0. The molecule has 144 valence electrons. The van der Waals surface area contributed by atoms with Gasteiger partial charge in [0.15, 0.2) is 0 Å². The highest BCUT2D eigenvalue weighted by Crippen LogP contribution is 2.12. The van der Waals surface area contributed by atoms with E-state index in [0.717, 1.165) is 6.42 Å². The summed E-state index contributed by atoms with van der Waals surface area (Å²) >= 11 is 0. The Morgan fingerprint density at radius 2 is 1.21 bits per heavy atom. The van der Waals surface area contributed by atoms with Gasteiger partial charge in [-0.1, -0.05) is 71.1 Å². The zero-order chi connectivity index (χ0) is 18.6. The van der Waals surface area contributed by atoms with Gasteiger partial charge in [-0.2, -0.15) is 0 Å². The Bertz CT molecular complexity index is 289. The SMILES string of the molecule is CCCCCCCCCCCCCC(=O)OC(C)C.O=C(O)CO. The number of rotatable bonds is 14. The highest BCUT2D eigenvalue weighted by atomic mass is 16.5. The van der Waals surface area contributed by atoms with Crippen molar-refractivity contribution in [1.29, 1.82) is 0 Å². The lowest BCUT2D eigenvalue weighted by molar-refractivity contribution is -0.147. The van der Waals surface area contributed by atoms with Gasteiger partial charge in [0.1, 0.15) is 6.61 Å². The number of hydrogen-bond acceptors (Lipinski definition) is 4. The van der Waals surface area contributed by atoms with Crippen molar-refractivity contribution < 1.29 is 24.5 Å². The summed E-state index contributed by atoms with van der Waals surface area (Å²) in [4.78, 5) is 20.4. The zero-order valence-corrected chi connectivity index (χ0v) is 15.9. The number of aliphatic hydroxyl groups excluding tert-OH is 1. The Morgan fingerprint density at radius 1 is 0.833 bits per heavy atom. The third-order valence-corrected chi connectivity index (χ3v) is 3.49. The Kier molecular flexibility index (Phi) is 20.9. The van der Waals surface area contributed by atoms with E-state index in [1.165, 1.54) is 64.2 Å². The molecule has 0 aliphatic rings. The molecule has 0 heterocycles. The third-order valence-electron chi connectivity index (χ3n) is 3.49. The van der Waals surface area contributed by atoms with E-state index in [-0.39, 0.29) is 12.1 Å². The summed E-state index contributed by atoms with van der Waals surface area (Å²) in [5.74, 6) is -1.23. The van der Waals surface area contributed by atoms with Gasteiger partial charge < -0.3 is 14.9 Å². The van der Waals surface area contributed by atoms with Crippen LogP contribution < -0.4 is 0 Å². The summed E-state index contributed by atoms with van der Waals surface area (Å²) < 4.78 is 5.10. The van der Waals surface area contributed by atoms with E-state index >= 15 is 0 Å². The average Bonchev–Trinajstić information content (AvgIpc) is 2.52. The number of carboxylic acids is 1. The van der Waals surface area contributed by atoms with Crippen LogP contribution in [0.3, 0.4) is 0 Å². The molecule has 24 heavy (non-hydrogen) atoms. The molecule has 0 rings (SSSR count). The number of unbranched alkanes of at least 4 members (excludes halogenated alkanes) is 10. The number of carbonyl (C=O) groups excluding carboxylic acids is 1. The van der Waals surface area contributed by atoms with Gasteiger partial charge in [0.2, 0.25) is 0 Å². The molecule has 0 aromatic rings. The predicted molar refractivity (Wildman–Crippen MR) is 97.0 cm³/mol. The molecular weight excluding hydrogens is 308 g/mol. The molecule has 0 unspecified atom stereocenters. The highest BCUT2D eigenvalue weighted by molar-refractivity contribution is 5.69. The van der Waals surface area contributed by atoms with Gasteiger partial charge in [0.25, 0.3) is 0 Å². The van der Waals surface area contributed by atoms with Crippen LogP contribution in [0.1, 0.15) is 97.8 Å². The van der Waals surface area contributed by atoms with E-state index in [9.17, 15) is 4.79 Å². The van der Waals surface area contributed by atoms with Gasteiger partial charge in [0.05, 0.1) is 6.10 Å². The van der Waals surface area contributed by atoms with E-state index in [2.05, 4.69) is 6.92 Å². The van der Waals surface area contributed by atoms with Gasteiger partial charge in [-0.3, -0.25) is 4.79 Å². The minimum absolute atomic E-state index is 0.0280. The summed E-state index contributed by atoms with van der Waals surface area (Å²) in [5.41, 5.74) is 0. The number of ether oxygens (including phenoxy) is 1. The number of hydrogen-bond donors (Lipinski definition) is 2.